The Bertz CT molecular complexity index is 716. The van der Waals surface area contributed by atoms with Gasteiger partial charge in [0.25, 0.3) is 5.56 Å². The van der Waals surface area contributed by atoms with E-state index < -0.39 is 17.2 Å². The Morgan fingerprint density at radius 1 is 1.27 bits per heavy atom. The normalized spacial score (nSPS) is 10.9. The highest BCUT2D eigenvalue weighted by Gasteiger charge is 2.11. The molecule has 0 fully saturated rings. The summed E-state index contributed by atoms with van der Waals surface area (Å²) in [5.41, 5.74) is -0.264. The van der Waals surface area contributed by atoms with E-state index in [1.54, 1.807) is 0 Å². The van der Waals surface area contributed by atoms with Crippen molar-refractivity contribution < 1.29 is 13.9 Å². The summed E-state index contributed by atoms with van der Waals surface area (Å²) in [7, 11) is 0. The van der Waals surface area contributed by atoms with E-state index in [0.717, 1.165) is 42.3 Å². The Kier molecular flexibility index (Phi) is 5.21. The minimum absolute atomic E-state index is 0.0960. The van der Waals surface area contributed by atoms with Crippen LogP contribution in [0.5, 0.6) is 5.75 Å². The van der Waals surface area contributed by atoms with Crippen LogP contribution < -0.4 is 10.9 Å². The third kappa shape index (κ3) is 3.67. The Hall–Kier alpha value is -2.28. The van der Waals surface area contributed by atoms with Crippen molar-refractivity contribution in [3.8, 4) is 11.4 Å². The quantitative estimate of drug-likeness (QED) is 0.802. The van der Waals surface area contributed by atoms with E-state index in [1.165, 1.54) is 6.07 Å². The number of nitrogens with one attached hydrogen (secondary N) is 1. The van der Waals surface area contributed by atoms with E-state index in [9.17, 15) is 18.7 Å². The fourth-order valence-electron chi connectivity index (χ4n) is 1.92. The summed E-state index contributed by atoms with van der Waals surface area (Å²) >= 11 is 0. The highest BCUT2D eigenvalue weighted by Crippen LogP contribution is 2.14. The number of halogens is 2. The molecule has 5 nitrogen and oxygen atoms in total. The molecule has 2 N–H and O–H groups in total. The Labute approximate surface area is 126 Å². The molecule has 2 rings (SSSR count). The second kappa shape index (κ2) is 7.13. The molecule has 0 aliphatic carbocycles. The maximum Gasteiger partial charge on any atom is 0.275 e. The number of rotatable bonds is 6. The molecule has 7 heteroatoms. The lowest BCUT2D eigenvalue weighted by Gasteiger charge is -2.10. The molecule has 0 saturated carbocycles. The molecule has 0 aliphatic rings. The van der Waals surface area contributed by atoms with Crippen LogP contribution in [-0.4, -0.2) is 21.4 Å². The van der Waals surface area contributed by atoms with Gasteiger partial charge in [0.2, 0.25) is 0 Å². The van der Waals surface area contributed by atoms with Crippen LogP contribution in [0.1, 0.15) is 25.5 Å². The van der Waals surface area contributed by atoms with Crippen LogP contribution in [0.2, 0.25) is 0 Å². The standard InChI is InChI=1S/C15H17F2N3O2/c1-2-3-6-18-9-13-14(21)8-15(22)20(19-13)10-4-5-11(16)12(17)7-10/h4-5,7-8,18,21H,2-3,6,9H2,1H3. The zero-order valence-electron chi connectivity index (χ0n) is 12.1. The predicted molar refractivity (Wildman–Crippen MR) is 78.0 cm³/mol. The van der Waals surface area contributed by atoms with Crippen molar-refractivity contribution in [2.75, 3.05) is 6.54 Å². The van der Waals surface area contributed by atoms with Crippen molar-refractivity contribution in [3.63, 3.8) is 0 Å². The summed E-state index contributed by atoms with van der Waals surface area (Å²) in [6.45, 7) is 3.08. The van der Waals surface area contributed by atoms with Crippen LogP contribution in [-0.2, 0) is 6.54 Å². The van der Waals surface area contributed by atoms with Gasteiger partial charge in [-0.15, -0.1) is 0 Å². The first kappa shape index (κ1) is 16.1. The van der Waals surface area contributed by atoms with Crippen molar-refractivity contribution in [2.24, 2.45) is 0 Å². The van der Waals surface area contributed by atoms with Crippen molar-refractivity contribution >= 4 is 0 Å². The number of hydrogen-bond donors (Lipinski definition) is 2. The van der Waals surface area contributed by atoms with Crippen LogP contribution in [0.4, 0.5) is 8.78 Å². The van der Waals surface area contributed by atoms with Crippen LogP contribution in [0.25, 0.3) is 5.69 Å². The summed E-state index contributed by atoms with van der Waals surface area (Å²) in [6.07, 6.45) is 2.00. The monoisotopic (exact) mass is 309 g/mol. The molecule has 0 unspecified atom stereocenters. The minimum Gasteiger partial charge on any atom is -0.506 e. The zero-order chi connectivity index (χ0) is 16.1. The fraction of sp³-hybridized carbons (Fsp3) is 0.333. The summed E-state index contributed by atoms with van der Waals surface area (Å²) in [5.74, 6) is -2.30. The van der Waals surface area contributed by atoms with Gasteiger partial charge in [0, 0.05) is 18.7 Å². The summed E-state index contributed by atoms with van der Waals surface area (Å²) < 4.78 is 27.2. The van der Waals surface area contributed by atoms with Gasteiger partial charge >= 0.3 is 0 Å². The van der Waals surface area contributed by atoms with E-state index >= 15 is 0 Å². The van der Waals surface area contributed by atoms with Gasteiger partial charge < -0.3 is 10.4 Å². The lowest BCUT2D eigenvalue weighted by Crippen LogP contribution is -2.24. The molecule has 1 heterocycles. The molecule has 0 amide bonds. The van der Waals surface area contributed by atoms with Gasteiger partial charge in [0.1, 0.15) is 11.4 Å². The van der Waals surface area contributed by atoms with Gasteiger partial charge in [0.15, 0.2) is 11.6 Å². The molecule has 0 spiro atoms. The van der Waals surface area contributed by atoms with E-state index in [1.807, 2.05) is 0 Å². The van der Waals surface area contributed by atoms with Gasteiger partial charge in [-0.1, -0.05) is 13.3 Å². The molecule has 1 aromatic heterocycles. The lowest BCUT2D eigenvalue weighted by molar-refractivity contribution is 0.450. The molecular formula is C15H17F2N3O2. The third-order valence-corrected chi connectivity index (χ3v) is 3.13. The van der Waals surface area contributed by atoms with E-state index in [2.05, 4.69) is 17.3 Å². The molecule has 0 saturated heterocycles. The molecular weight excluding hydrogens is 292 g/mol. The topological polar surface area (TPSA) is 67.2 Å². The maximum atomic E-state index is 13.3. The van der Waals surface area contributed by atoms with Crippen molar-refractivity contribution in [2.45, 2.75) is 26.3 Å². The number of aromatic nitrogens is 2. The average molecular weight is 309 g/mol. The minimum atomic E-state index is -1.07. The number of benzene rings is 1. The highest BCUT2D eigenvalue weighted by molar-refractivity contribution is 5.34. The SMILES string of the molecule is CCCCNCc1nn(-c2ccc(F)c(F)c2)c(=O)cc1O. The Morgan fingerprint density at radius 2 is 2.05 bits per heavy atom. The molecule has 2 aromatic rings. The largest absolute Gasteiger partial charge is 0.506 e. The third-order valence-electron chi connectivity index (χ3n) is 3.13. The first-order chi connectivity index (χ1) is 10.5. The summed E-state index contributed by atoms with van der Waals surface area (Å²) in [5, 5.41) is 16.9. The predicted octanol–water partition coefficient (Wildman–Crippen LogP) is 2.11. The smallest absolute Gasteiger partial charge is 0.275 e. The van der Waals surface area contributed by atoms with Gasteiger partial charge in [0.05, 0.1) is 5.69 Å². The van der Waals surface area contributed by atoms with E-state index in [4.69, 9.17) is 0 Å². The molecule has 0 atom stereocenters. The van der Waals surface area contributed by atoms with Crippen LogP contribution in [0.3, 0.4) is 0 Å². The van der Waals surface area contributed by atoms with Crippen LogP contribution >= 0.6 is 0 Å². The first-order valence-electron chi connectivity index (χ1n) is 7.01. The molecule has 0 aliphatic heterocycles. The maximum absolute atomic E-state index is 13.3. The van der Waals surface area contributed by atoms with Crippen molar-refractivity contribution in [3.05, 3.63) is 51.9 Å². The Morgan fingerprint density at radius 3 is 2.73 bits per heavy atom. The fourth-order valence-corrected chi connectivity index (χ4v) is 1.92. The number of unbranched alkanes of at least 4 members (excludes halogenated alkanes) is 1. The van der Waals surface area contributed by atoms with Gasteiger partial charge in [-0.2, -0.15) is 9.78 Å². The zero-order valence-corrected chi connectivity index (χ0v) is 12.1. The second-order valence-electron chi connectivity index (χ2n) is 4.86. The van der Waals surface area contributed by atoms with Gasteiger partial charge in [-0.3, -0.25) is 4.79 Å². The van der Waals surface area contributed by atoms with Gasteiger partial charge in [-0.05, 0) is 25.1 Å². The molecule has 118 valence electrons. The Balaban J connectivity index is 2.31. The van der Waals surface area contributed by atoms with E-state index in [-0.39, 0.29) is 23.7 Å². The number of nitrogens with zero attached hydrogens (tertiary/aromatic N) is 2. The lowest BCUT2D eigenvalue weighted by atomic mass is 10.3. The molecule has 1 aromatic carbocycles. The molecule has 0 bridgehead atoms. The first-order valence-corrected chi connectivity index (χ1v) is 7.01. The van der Waals surface area contributed by atoms with Crippen LogP contribution in [0, 0.1) is 11.6 Å². The molecule has 0 radical (unpaired) electrons. The number of hydrogen-bond acceptors (Lipinski definition) is 4. The number of aromatic hydroxyl groups is 1. The average Bonchev–Trinajstić information content (AvgIpc) is 2.48. The van der Waals surface area contributed by atoms with Crippen molar-refractivity contribution in [1.82, 2.24) is 15.1 Å². The summed E-state index contributed by atoms with van der Waals surface area (Å²) in [6, 6.07) is 4.06. The van der Waals surface area contributed by atoms with Crippen LogP contribution in [0.15, 0.2) is 29.1 Å². The summed E-state index contributed by atoms with van der Waals surface area (Å²) in [4.78, 5) is 11.9. The second-order valence-corrected chi connectivity index (χ2v) is 4.86. The molecule has 22 heavy (non-hydrogen) atoms. The van der Waals surface area contributed by atoms with Crippen molar-refractivity contribution in [1.29, 1.82) is 0 Å². The van der Waals surface area contributed by atoms with E-state index in [0.29, 0.717) is 0 Å². The highest BCUT2D eigenvalue weighted by atomic mass is 19.2. The van der Waals surface area contributed by atoms with Gasteiger partial charge in [-0.25, -0.2) is 8.78 Å².